The highest BCUT2D eigenvalue weighted by Crippen LogP contribution is 2.43. The van der Waals surface area contributed by atoms with E-state index in [0.29, 0.717) is 23.7 Å². The summed E-state index contributed by atoms with van der Waals surface area (Å²) >= 11 is 0. The molecule has 1 aliphatic rings. The van der Waals surface area contributed by atoms with Crippen LogP contribution >= 0.6 is 0 Å². The minimum Gasteiger partial charge on any atom is -0.493 e. The van der Waals surface area contributed by atoms with Crippen LogP contribution in [-0.4, -0.2) is 24.8 Å². The maximum Gasteiger partial charge on any atom is 0.336 e. The third-order valence-electron chi connectivity index (χ3n) is 5.34. The first-order valence-electron chi connectivity index (χ1n) is 9.63. The van der Waals surface area contributed by atoms with E-state index < -0.39 is 11.8 Å². The summed E-state index contributed by atoms with van der Waals surface area (Å²) in [6, 6.07) is 13.5. The van der Waals surface area contributed by atoms with Gasteiger partial charge in [0.15, 0.2) is 11.5 Å². The summed E-state index contributed by atoms with van der Waals surface area (Å²) in [4.78, 5) is 12.0. The van der Waals surface area contributed by atoms with Crippen LogP contribution in [0.2, 0.25) is 0 Å². The van der Waals surface area contributed by atoms with Gasteiger partial charge in [-0.25, -0.2) is 9.18 Å². The number of ether oxygens (including phenoxy) is 2. The zero-order valence-electron chi connectivity index (χ0n) is 16.6. The molecule has 152 valence electrons. The lowest BCUT2D eigenvalue weighted by Gasteiger charge is -2.24. The van der Waals surface area contributed by atoms with Crippen molar-refractivity contribution in [2.24, 2.45) is 0 Å². The molecule has 0 bridgehead atoms. The van der Waals surface area contributed by atoms with Crippen LogP contribution in [0.25, 0.3) is 22.3 Å². The Morgan fingerprint density at radius 2 is 1.73 bits per heavy atom. The van der Waals surface area contributed by atoms with E-state index in [2.05, 4.69) is 6.58 Å². The van der Waals surface area contributed by atoms with Crippen molar-refractivity contribution in [3.05, 3.63) is 83.7 Å². The highest BCUT2D eigenvalue weighted by Gasteiger charge is 2.24. The Hall–Kier alpha value is -3.60. The third-order valence-corrected chi connectivity index (χ3v) is 5.34. The number of carboxylic acid groups (broad SMARTS) is 1. The van der Waals surface area contributed by atoms with Gasteiger partial charge >= 0.3 is 5.97 Å². The zero-order chi connectivity index (χ0) is 21.3. The maximum absolute atomic E-state index is 14.4. The number of hydrogen-bond donors (Lipinski definition) is 1. The van der Waals surface area contributed by atoms with Gasteiger partial charge in [0, 0.05) is 5.56 Å². The largest absolute Gasteiger partial charge is 0.493 e. The molecule has 30 heavy (non-hydrogen) atoms. The van der Waals surface area contributed by atoms with Gasteiger partial charge in [0.25, 0.3) is 0 Å². The van der Waals surface area contributed by atoms with Crippen molar-refractivity contribution in [1.82, 2.24) is 0 Å². The number of fused-ring (bicyclic) bond motifs is 3. The van der Waals surface area contributed by atoms with Gasteiger partial charge in [0.2, 0.25) is 0 Å². The summed E-state index contributed by atoms with van der Waals surface area (Å²) in [5.74, 6) is -0.347. The average molecular weight is 404 g/mol. The van der Waals surface area contributed by atoms with Gasteiger partial charge in [0.05, 0.1) is 12.7 Å². The van der Waals surface area contributed by atoms with Crippen LogP contribution in [-0.2, 0) is 12.8 Å². The number of benzene rings is 3. The first kappa shape index (κ1) is 19.7. The van der Waals surface area contributed by atoms with E-state index in [0.717, 1.165) is 35.1 Å². The normalized spacial score (nSPS) is 11.9. The zero-order valence-corrected chi connectivity index (χ0v) is 16.6. The van der Waals surface area contributed by atoms with E-state index in [1.54, 1.807) is 43.5 Å². The molecular weight excluding hydrogens is 383 g/mol. The highest BCUT2D eigenvalue weighted by molar-refractivity contribution is 5.99. The predicted molar refractivity (Wildman–Crippen MR) is 114 cm³/mol. The van der Waals surface area contributed by atoms with Crippen LogP contribution in [0.5, 0.6) is 11.5 Å². The monoisotopic (exact) mass is 404 g/mol. The van der Waals surface area contributed by atoms with E-state index in [1.807, 2.05) is 12.1 Å². The second-order valence-corrected chi connectivity index (χ2v) is 7.10. The van der Waals surface area contributed by atoms with Crippen LogP contribution in [0.3, 0.4) is 0 Å². The fourth-order valence-electron chi connectivity index (χ4n) is 3.93. The molecule has 1 N–H and O–H groups in total. The summed E-state index contributed by atoms with van der Waals surface area (Å²) in [6.07, 6.45) is 3.14. The molecule has 0 radical (unpaired) electrons. The maximum atomic E-state index is 14.4. The van der Waals surface area contributed by atoms with Crippen LogP contribution in [0.15, 0.2) is 61.2 Å². The van der Waals surface area contributed by atoms with Gasteiger partial charge in [-0.15, -0.1) is 0 Å². The number of halogens is 1. The minimum atomic E-state index is -1.10. The summed E-state index contributed by atoms with van der Waals surface area (Å²) in [7, 11) is 1.59. The molecule has 3 aromatic rings. The minimum absolute atomic E-state index is 0.0658. The standard InChI is InChI=1S/C25H21FO4/c1-3-10-30-24-14-19-16(12-23(24)29-2)9-8-15-11-20(17-6-4-5-7-22(17)26)21(25(27)28)13-18(15)19/h3-7,11-14H,1,8-10H2,2H3,(H,27,28). The van der Waals surface area contributed by atoms with Crippen LogP contribution in [0.4, 0.5) is 4.39 Å². The summed E-state index contributed by atoms with van der Waals surface area (Å²) in [5, 5.41) is 9.84. The molecule has 0 aromatic heterocycles. The number of rotatable bonds is 6. The van der Waals surface area contributed by atoms with Crippen molar-refractivity contribution in [2.45, 2.75) is 12.8 Å². The predicted octanol–water partition coefficient (Wildman–Crippen LogP) is 5.53. The number of methoxy groups -OCH3 is 1. The topological polar surface area (TPSA) is 55.8 Å². The summed E-state index contributed by atoms with van der Waals surface area (Å²) < 4.78 is 25.6. The second-order valence-electron chi connectivity index (χ2n) is 7.10. The fraction of sp³-hybridized carbons (Fsp3) is 0.160. The third kappa shape index (κ3) is 3.43. The fourth-order valence-corrected chi connectivity index (χ4v) is 3.93. The molecule has 0 atom stereocenters. The van der Waals surface area contributed by atoms with Crippen LogP contribution < -0.4 is 9.47 Å². The first-order valence-corrected chi connectivity index (χ1v) is 9.63. The molecule has 0 saturated heterocycles. The Kier molecular flexibility index (Phi) is 5.27. The van der Waals surface area contributed by atoms with Gasteiger partial charge in [-0.1, -0.05) is 30.9 Å². The van der Waals surface area contributed by atoms with Gasteiger partial charge < -0.3 is 14.6 Å². The van der Waals surface area contributed by atoms with Crippen LogP contribution in [0, 0.1) is 5.82 Å². The molecule has 0 spiro atoms. The molecule has 4 rings (SSSR count). The van der Waals surface area contributed by atoms with Gasteiger partial charge in [0.1, 0.15) is 12.4 Å². The summed E-state index contributed by atoms with van der Waals surface area (Å²) in [6.45, 7) is 4.00. The average Bonchev–Trinajstić information content (AvgIpc) is 2.76. The molecular formula is C25H21FO4. The Morgan fingerprint density at radius 1 is 1.03 bits per heavy atom. The quantitative estimate of drug-likeness (QED) is 0.549. The number of hydrogen-bond acceptors (Lipinski definition) is 3. The van der Waals surface area contributed by atoms with E-state index in [4.69, 9.17) is 9.47 Å². The van der Waals surface area contributed by atoms with E-state index in [1.165, 1.54) is 6.07 Å². The molecule has 0 heterocycles. The molecule has 0 unspecified atom stereocenters. The smallest absolute Gasteiger partial charge is 0.336 e. The Balaban J connectivity index is 1.91. The lowest BCUT2D eigenvalue weighted by Crippen LogP contribution is -2.09. The van der Waals surface area contributed by atoms with Crippen molar-refractivity contribution in [3.8, 4) is 33.8 Å². The lowest BCUT2D eigenvalue weighted by atomic mass is 9.82. The highest BCUT2D eigenvalue weighted by atomic mass is 19.1. The van der Waals surface area contributed by atoms with E-state index in [9.17, 15) is 14.3 Å². The van der Waals surface area contributed by atoms with Crippen molar-refractivity contribution in [2.75, 3.05) is 13.7 Å². The molecule has 5 heteroatoms. The SMILES string of the molecule is C=CCOc1cc2c(cc1OC)CCc1cc(-c3ccccc3F)c(C(=O)O)cc1-2. The molecule has 0 fully saturated rings. The van der Waals surface area contributed by atoms with Crippen molar-refractivity contribution < 1.29 is 23.8 Å². The van der Waals surface area contributed by atoms with Gasteiger partial charge in [-0.2, -0.15) is 0 Å². The number of carbonyl (C=O) groups is 1. The molecule has 0 amide bonds. The van der Waals surface area contributed by atoms with Crippen molar-refractivity contribution in [1.29, 1.82) is 0 Å². The molecule has 1 aliphatic carbocycles. The number of carboxylic acids is 1. The lowest BCUT2D eigenvalue weighted by molar-refractivity contribution is 0.0697. The molecule has 0 aliphatic heterocycles. The van der Waals surface area contributed by atoms with Crippen molar-refractivity contribution in [3.63, 3.8) is 0 Å². The molecule has 3 aromatic carbocycles. The second kappa shape index (κ2) is 8.03. The van der Waals surface area contributed by atoms with Gasteiger partial charge in [-0.05, 0) is 71.0 Å². The van der Waals surface area contributed by atoms with Crippen molar-refractivity contribution >= 4 is 5.97 Å². The molecule has 0 saturated carbocycles. The van der Waals surface area contributed by atoms with E-state index >= 15 is 0 Å². The number of aryl methyl sites for hydroxylation is 2. The number of aromatic carboxylic acids is 1. The molecule has 4 nitrogen and oxygen atoms in total. The summed E-state index contributed by atoms with van der Waals surface area (Å²) in [5.41, 5.74) is 4.49. The Labute approximate surface area is 174 Å². The van der Waals surface area contributed by atoms with E-state index in [-0.39, 0.29) is 11.1 Å². The van der Waals surface area contributed by atoms with Gasteiger partial charge in [-0.3, -0.25) is 0 Å². The van der Waals surface area contributed by atoms with Crippen LogP contribution in [0.1, 0.15) is 21.5 Å². The Morgan fingerprint density at radius 3 is 2.40 bits per heavy atom. The first-order chi connectivity index (χ1) is 14.5. The Bertz CT molecular complexity index is 1150.